The largest absolute Gasteiger partial charge is 0.294 e. The van der Waals surface area contributed by atoms with Gasteiger partial charge in [-0.05, 0) is 37.3 Å². The van der Waals surface area contributed by atoms with Crippen LogP contribution in [0.3, 0.4) is 0 Å². The Labute approximate surface area is 128 Å². The summed E-state index contributed by atoms with van der Waals surface area (Å²) < 4.78 is 1.84. The third-order valence-corrected chi connectivity index (χ3v) is 4.51. The molecule has 0 fully saturated rings. The molecule has 0 N–H and O–H groups in total. The highest BCUT2D eigenvalue weighted by molar-refractivity contribution is 5.98. The van der Waals surface area contributed by atoms with Crippen molar-refractivity contribution in [2.75, 3.05) is 0 Å². The molecule has 1 aromatic carbocycles. The van der Waals surface area contributed by atoms with Gasteiger partial charge in [0.15, 0.2) is 11.4 Å². The predicted octanol–water partition coefficient (Wildman–Crippen LogP) is 3.26. The fraction of sp³-hybridized carbons (Fsp3) is 0.278. The molecule has 1 aliphatic rings. The Morgan fingerprint density at radius 1 is 1.18 bits per heavy atom. The Kier molecular flexibility index (Phi) is 2.86. The van der Waals surface area contributed by atoms with Gasteiger partial charge in [-0.2, -0.15) is 5.10 Å². The molecule has 2 heterocycles. The van der Waals surface area contributed by atoms with Crippen molar-refractivity contribution in [2.45, 2.75) is 32.6 Å². The van der Waals surface area contributed by atoms with Crippen LogP contribution in [0, 0.1) is 13.8 Å². The average Bonchev–Trinajstić information content (AvgIpc) is 2.88. The second kappa shape index (κ2) is 4.77. The van der Waals surface area contributed by atoms with E-state index in [1.807, 2.05) is 29.6 Å². The standard InChI is InChI=1S/C18H17N3O/c1-11-5-3-4-6-14(11)13-8-16-15(17(22)9-13)10-19-18-7-12(2)20-21(16)18/h3-7,10,13H,8-9H2,1-2H3. The number of hydrogen-bond acceptors (Lipinski definition) is 3. The summed E-state index contributed by atoms with van der Waals surface area (Å²) in [5.74, 6) is 0.383. The summed E-state index contributed by atoms with van der Waals surface area (Å²) >= 11 is 0. The number of carbonyl (C=O) groups is 1. The third kappa shape index (κ3) is 1.95. The summed E-state index contributed by atoms with van der Waals surface area (Å²) in [4.78, 5) is 16.9. The van der Waals surface area contributed by atoms with Crippen LogP contribution in [-0.2, 0) is 6.42 Å². The van der Waals surface area contributed by atoms with Crippen molar-refractivity contribution in [1.29, 1.82) is 0 Å². The van der Waals surface area contributed by atoms with Crippen LogP contribution >= 0.6 is 0 Å². The first-order valence-electron chi connectivity index (χ1n) is 7.56. The molecule has 1 aliphatic carbocycles. The zero-order chi connectivity index (χ0) is 15.3. The minimum absolute atomic E-state index is 0.164. The number of benzene rings is 1. The van der Waals surface area contributed by atoms with Gasteiger partial charge in [0.1, 0.15) is 0 Å². The van der Waals surface area contributed by atoms with Gasteiger partial charge in [-0.15, -0.1) is 0 Å². The molecule has 4 rings (SSSR count). The monoisotopic (exact) mass is 291 g/mol. The van der Waals surface area contributed by atoms with E-state index in [4.69, 9.17) is 0 Å². The van der Waals surface area contributed by atoms with E-state index in [9.17, 15) is 4.79 Å². The highest BCUT2D eigenvalue weighted by Gasteiger charge is 2.29. The molecule has 4 heteroatoms. The van der Waals surface area contributed by atoms with Crippen molar-refractivity contribution in [3.05, 3.63) is 64.6 Å². The lowest BCUT2D eigenvalue weighted by molar-refractivity contribution is 0.0962. The molecule has 110 valence electrons. The van der Waals surface area contributed by atoms with Crippen LogP contribution < -0.4 is 0 Å². The van der Waals surface area contributed by atoms with Gasteiger partial charge in [-0.25, -0.2) is 9.50 Å². The molecule has 1 unspecified atom stereocenters. The molecule has 3 aromatic rings. The van der Waals surface area contributed by atoms with Gasteiger partial charge in [0.25, 0.3) is 0 Å². The average molecular weight is 291 g/mol. The van der Waals surface area contributed by atoms with Crippen LogP contribution in [-0.4, -0.2) is 20.4 Å². The molecular formula is C18H17N3O. The zero-order valence-corrected chi connectivity index (χ0v) is 12.7. The number of aryl methyl sites for hydroxylation is 2. The van der Waals surface area contributed by atoms with Crippen molar-refractivity contribution in [1.82, 2.24) is 14.6 Å². The minimum atomic E-state index is 0.164. The smallest absolute Gasteiger partial charge is 0.166 e. The van der Waals surface area contributed by atoms with E-state index in [0.717, 1.165) is 29.0 Å². The van der Waals surface area contributed by atoms with Gasteiger partial charge in [0.05, 0.1) is 17.0 Å². The number of nitrogens with zero attached hydrogens (tertiary/aromatic N) is 3. The third-order valence-electron chi connectivity index (χ3n) is 4.51. The second-order valence-electron chi connectivity index (χ2n) is 6.06. The van der Waals surface area contributed by atoms with Crippen LogP contribution in [0.1, 0.15) is 45.2 Å². The van der Waals surface area contributed by atoms with Crippen LogP contribution in [0.15, 0.2) is 36.5 Å². The SMILES string of the molecule is Cc1cc2ncc3c(n2n1)CC(c1ccccc1C)CC3=O. The molecular weight excluding hydrogens is 274 g/mol. The van der Waals surface area contributed by atoms with E-state index in [1.54, 1.807) is 6.20 Å². The molecule has 1 atom stereocenters. The normalized spacial score (nSPS) is 17.7. The number of ketones is 1. The fourth-order valence-electron chi connectivity index (χ4n) is 3.43. The van der Waals surface area contributed by atoms with E-state index in [2.05, 4.69) is 29.1 Å². The maximum Gasteiger partial charge on any atom is 0.166 e. The summed E-state index contributed by atoms with van der Waals surface area (Å²) in [5, 5.41) is 4.51. The quantitative estimate of drug-likeness (QED) is 0.691. The van der Waals surface area contributed by atoms with Crippen molar-refractivity contribution < 1.29 is 4.79 Å². The molecule has 4 nitrogen and oxygen atoms in total. The zero-order valence-electron chi connectivity index (χ0n) is 12.7. The maximum absolute atomic E-state index is 12.5. The van der Waals surface area contributed by atoms with Gasteiger partial charge in [0.2, 0.25) is 0 Å². The molecule has 22 heavy (non-hydrogen) atoms. The first kappa shape index (κ1) is 13.2. The molecule has 0 radical (unpaired) electrons. The van der Waals surface area contributed by atoms with Crippen LogP contribution in [0.4, 0.5) is 0 Å². The first-order valence-corrected chi connectivity index (χ1v) is 7.56. The lowest BCUT2D eigenvalue weighted by Crippen LogP contribution is -2.23. The topological polar surface area (TPSA) is 47.3 Å². The summed E-state index contributed by atoms with van der Waals surface area (Å²) in [6.07, 6.45) is 3.08. The maximum atomic E-state index is 12.5. The van der Waals surface area contributed by atoms with E-state index in [1.165, 1.54) is 11.1 Å². The van der Waals surface area contributed by atoms with E-state index < -0.39 is 0 Å². The summed E-state index contributed by atoms with van der Waals surface area (Å²) in [5.41, 5.74) is 5.95. The van der Waals surface area contributed by atoms with Crippen molar-refractivity contribution in [3.63, 3.8) is 0 Å². The van der Waals surface area contributed by atoms with Gasteiger partial charge >= 0.3 is 0 Å². The number of fused-ring (bicyclic) bond motifs is 3. The highest BCUT2D eigenvalue weighted by atomic mass is 16.1. The number of hydrogen-bond donors (Lipinski definition) is 0. The second-order valence-corrected chi connectivity index (χ2v) is 6.06. The van der Waals surface area contributed by atoms with Gasteiger partial charge in [0, 0.05) is 18.7 Å². The molecule has 0 saturated heterocycles. The summed E-state index contributed by atoms with van der Waals surface area (Å²) in [7, 11) is 0. The molecule has 2 aromatic heterocycles. The Morgan fingerprint density at radius 2 is 2.00 bits per heavy atom. The van der Waals surface area contributed by atoms with Crippen LogP contribution in [0.2, 0.25) is 0 Å². The molecule has 0 aliphatic heterocycles. The fourth-order valence-corrected chi connectivity index (χ4v) is 3.43. The Hall–Kier alpha value is -2.49. The highest BCUT2D eigenvalue weighted by Crippen LogP contribution is 2.34. The molecule has 0 amide bonds. The minimum Gasteiger partial charge on any atom is -0.294 e. The number of carbonyl (C=O) groups excluding carboxylic acids is 1. The Balaban J connectivity index is 1.86. The van der Waals surface area contributed by atoms with Crippen molar-refractivity contribution in [3.8, 4) is 0 Å². The lowest BCUT2D eigenvalue weighted by atomic mass is 9.80. The summed E-state index contributed by atoms with van der Waals surface area (Å²) in [6, 6.07) is 10.3. The Morgan fingerprint density at radius 3 is 2.82 bits per heavy atom. The number of rotatable bonds is 1. The summed E-state index contributed by atoms with van der Waals surface area (Å²) in [6.45, 7) is 4.06. The van der Waals surface area contributed by atoms with Crippen molar-refractivity contribution >= 4 is 11.4 Å². The number of Topliss-reactive ketones (excluding diaryl/α,β-unsaturated/α-hetero) is 1. The van der Waals surface area contributed by atoms with E-state index >= 15 is 0 Å². The van der Waals surface area contributed by atoms with Gasteiger partial charge < -0.3 is 0 Å². The molecule has 0 bridgehead atoms. The first-order chi connectivity index (χ1) is 10.6. The Bertz CT molecular complexity index is 894. The lowest BCUT2D eigenvalue weighted by Gasteiger charge is -2.25. The predicted molar refractivity (Wildman–Crippen MR) is 84.3 cm³/mol. The molecule has 0 saturated carbocycles. The van der Waals surface area contributed by atoms with Gasteiger partial charge in [-0.1, -0.05) is 24.3 Å². The van der Waals surface area contributed by atoms with E-state index in [0.29, 0.717) is 6.42 Å². The van der Waals surface area contributed by atoms with Crippen LogP contribution in [0.25, 0.3) is 5.65 Å². The van der Waals surface area contributed by atoms with Crippen molar-refractivity contribution in [2.24, 2.45) is 0 Å². The number of aromatic nitrogens is 3. The van der Waals surface area contributed by atoms with E-state index in [-0.39, 0.29) is 11.7 Å². The molecule has 0 spiro atoms. The van der Waals surface area contributed by atoms with Gasteiger partial charge in [-0.3, -0.25) is 4.79 Å². The van der Waals surface area contributed by atoms with Crippen LogP contribution in [0.5, 0.6) is 0 Å².